The predicted octanol–water partition coefficient (Wildman–Crippen LogP) is 4.05. The van der Waals surface area contributed by atoms with E-state index in [1.54, 1.807) is 0 Å². The minimum absolute atomic E-state index is 0.0773. The van der Waals surface area contributed by atoms with E-state index >= 15 is 0 Å². The Morgan fingerprint density at radius 1 is 1.09 bits per heavy atom. The van der Waals surface area contributed by atoms with E-state index in [1.807, 2.05) is 53.4 Å². The lowest BCUT2D eigenvalue weighted by Crippen LogP contribution is -2.35. The Bertz CT molecular complexity index is 948. The first-order valence-electron chi connectivity index (χ1n) is 7.24. The van der Waals surface area contributed by atoms with Crippen molar-refractivity contribution < 1.29 is 4.42 Å². The second-order valence-electron chi connectivity index (χ2n) is 5.55. The van der Waals surface area contributed by atoms with E-state index in [0.29, 0.717) is 5.70 Å². The normalized spacial score (nSPS) is 18.0. The molecular formula is C18H15N3O. The zero-order valence-corrected chi connectivity index (χ0v) is 12.4. The Balaban J connectivity index is 2.00. The summed E-state index contributed by atoms with van der Waals surface area (Å²) in [7, 11) is 1.97. The van der Waals surface area contributed by atoms with E-state index in [4.69, 9.17) is 4.42 Å². The number of anilines is 1. The number of para-hydroxylation sites is 2. The molecule has 0 saturated carbocycles. The van der Waals surface area contributed by atoms with E-state index in [2.05, 4.69) is 25.1 Å². The van der Waals surface area contributed by atoms with Gasteiger partial charge >= 0.3 is 0 Å². The summed E-state index contributed by atoms with van der Waals surface area (Å²) in [5.74, 6) is 0. The summed E-state index contributed by atoms with van der Waals surface area (Å²) in [6.07, 6.45) is 1.94. The summed E-state index contributed by atoms with van der Waals surface area (Å²) in [6, 6.07) is 16.4. The molecule has 0 unspecified atom stereocenters. The van der Waals surface area contributed by atoms with Crippen LogP contribution in [0.15, 0.2) is 58.8 Å². The van der Waals surface area contributed by atoms with Crippen LogP contribution < -0.4 is 4.90 Å². The number of furan rings is 1. The van der Waals surface area contributed by atoms with Crippen molar-refractivity contribution in [3.63, 3.8) is 0 Å². The number of benzene rings is 2. The number of nitriles is 1. The number of hydrogen-bond donors (Lipinski definition) is 0. The first-order chi connectivity index (χ1) is 10.7. The Labute approximate surface area is 128 Å². The van der Waals surface area contributed by atoms with E-state index in [9.17, 15) is 5.26 Å². The van der Waals surface area contributed by atoms with Crippen molar-refractivity contribution in [2.24, 2.45) is 0 Å². The van der Waals surface area contributed by atoms with Crippen LogP contribution in [0.5, 0.6) is 0 Å². The molecule has 0 amide bonds. The van der Waals surface area contributed by atoms with Gasteiger partial charge in [0.1, 0.15) is 23.5 Å². The number of hydrogen-bond acceptors (Lipinski definition) is 4. The third kappa shape index (κ3) is 1.63. The lowest BCUT2D eigenvalue weighted by atomic mass is 10.1. The molecule has 1 aliphatic heterocycles. The van der Waals surface area contributed by atoms with Gasteiger partial charge in [0.25, 0.3) is 0 Å². The average molecular weight is 289 g/mol. The van der Waals surface area contributed by atoms with Crippen molar-refractivity contribution in [2.75, 3.05) is 11.9 Å². The van der Waals surface area contributed by atoms with Crippen LogP contribution in [0.4, 0.5) is 5.69 Å². The van der Waals surface area contributed by atoms with Crippen molar-refractivity contribution in [2.45, 2.75) is 13.1 Å². The maximum atomic E-state index is 9.43. The highest BCUT2D eigenvalue weighted by atomic mass is 16.3. The van der Waals surface area contributed by atoms with Gasteiger partial charge in [0.15, 0.2) is 5.58 Å². The molecule has 0 saturated heterocycles. The maximum absolute atomic E-state index is 9.43. The highest BCUT2D eigenvalue weighted by Gasteiger charge is 2.30. The van der Waals surface area contributed by atoms with Crippen molar-refractivity contribution in [3.05, 3.63) is 54.4 Å². The van der Waals surface area contributed by atoms with Gasteiger partial charge in [0, 0.05) is 24.0 Å². The molecule has 4 rings (SSSR count). The molecule has 4 heteroatoms. The average Bonchev–Trinajstić information content (AvgIpc) is 3.05. The van der Waals surface area contributed by atoms with Gasteiger partial charge in [0.05, 0.1) is 5.69 Å². The van der Waals surface area contributed by atoms with Crippen molar-refractivity contribution in [1.29, 1.82) is 5.26 Å². The molecule has 1 aromatic heterocycles. The maximum Gasteiger partial charge on any atom is 0.159 e. The number of allylic oxidation sites excluding steroid dienone is 1. The van der Waals surface area contributed by atoms with Gasteiger partial charge < -0.3 is 14.2 Å². The first-order valence-corrected chi connectivity index (χ1v) is 7.24. The quantitative estimate of drug-likeness (QED) is 0.678. The summed E-state index contributed by atoms with van der Waals surface area (Å²) in [6.45, 7) is 2.07. The van der Waals surface area contributed by atoms with Crippen LogP contribution in [0.25, 0.3) is 21.9 Å². The molecule has 22 heavy (non-hydrogen) atoms. The minimum atomic E-state index is 0.0773. The Hall–Kier alpha value is -2.93. The van der Waals surface area contributed by atoms with Crippen LogP contribution in [-0.4, -0.2) is 18.1 Å². The molecule has 1 atom stereocenters. The van der Waals surface area contributed by atoms with Crippen molar-refractivity contribution in [1.82, 2.24) is 4.90 Å². The predicted molar refractivity (Wildman–Crippen MR) is 87.1 cm³/mol. The Kier molecular flexibility index (Phi) is 2.64. The fourth-order valence-corrected chi connectivity index (χ4v) is 3.08. The van der Waals surface area contributed by atoms with Gasteiger partial charge in [-0.1, -0.05) is 30.3 Å². The lowest BCUT2D eigenvalue weighted by Gasteiger charge is -2.27. The second kappa shape index (κ2) is 4.54. The van der Waals surface area contributed by atoms with Crippen LogP contribution in [0.2, 0.25) is 0 Å². The van der Waals surface area contributed by atoms with E-state index < -0.39 is 0 Å². The van der Waals surface area contributed by atoms with Crippen LogP contribution in [0.3, 0.4) is 0 Å². The highest BCUT2D eigenvalue weighted by Crippen LogP contribution is 2.38. The van der Waals surface area contributed by atoms with Crippen molar-refractivity contribution >= 4 is 27.6 Å². The number of fused-ring (bicyclic) bond motifs is 3. The molecule has 0 spiro atoms. The number of rotatable bonds is 1. The van der Waals surface area contributed by atoms with Crippen LogP contribution in [0.1, 0.15) is 6.92 Å². The van der Waals surface area contributed by atoms with Crippen LogP contribution >= 0.6 is 0 Å². The lowest BCUT2D eigenvalue weighted by molar-refractivity contribution is 0.382. The van der Waals surface area contributed by atoms with Crippen LogP contribution in [0, 0.1) is 11.3 Å². The minimum Gasteiger partial charge on any atom is -0.454 e. The summed E-state index contributed by atoms with van der Waals surface area (Å²) >= 11 is 0. The fraction of sp³-hybridized carbons (Fsp3) is 0.167. The molecule has 2 aromatic carbocycles. The molecule has 4 nitrogen and oxygen atoms in total. The van der Waals surface area contributed by atoms with E-state index in [0.717, 1.165) is 27.6 Å². The molecular weight excluding hydrogens is 274 g/mol. The van der Waals surface area contributed by atoms with Gasteiger partial charge in [-0.3, -0.25) is 0 Å². The molecule has 2 heterocycles. The zero-order chi connectivity index (χ0) is 15.3. The molecule has 0 fully saturated rings. The first kappa shape index (κ1) is 12.8. The molecule has 0 aliphatic carbocycles. The smallest absolute Gasteiger partial charge is 0.159 e. The van der Waals surface area contributed by atoms with Gasteiger partial charge in [0.2, 0.25) is 0 Å². The molecule has 0 radical (unpaired) electrons. The van der Waals surface area contributed by atoms with E-state index in [1.165, 1.54) is 0 Å². The van der Waals surface area contributed by atoms with Gasteiger partial charge in [-0.25, -0.2) is 0 Å². The molecule has 0 bridgehead atoms. The number of nitrogens with zero attached hydrogens (tertiary/aromatic N) is 3. The summed E-state index contributed by atoms with van der Waals surface area (Å²) in [4.78, 5) is 4.05. The largest absolute Gasteiger partial charge is 0.454 e. The molecule has 108 valence electrons. The molecule has 0 N–H and O–H groups in total. The standard InChI is InChI=1S/C18H15N3O/c1-12-20(2)11-13(10-19)21(12)16-8-5-7-15-14-6-3-4-9-17(14)22-18(15)16/h3-9,11-12H,1-2H3/t12-/m0/s1. The topological polar surface area (TPSA) is 43.4 Å². The zero-order valence-electron chi connectivity index (χ0n) is 12.4. The van der Waals surface area contributed by atoms with Gasteiger partial charge in [-0.05, 0) is 19.1 Å². The van der Waals surface area contributed by atoms with Crippen LogP contribution in [-0.2, 0) is 0 Å². The molecule has 3 aromatic rings. The van der Waals surface area contributed by atoms with Crippen molar-refractivity contribution in [3.8, 4) is 6.07 Å². The third-order valence-electron chi connectivity index (χ3n) is 4.31. The Morgan fingerprint density at radius 2 is 1.86 bits per heavy atom. The van der Waals surface area contributed by atoms with Gasteiger partial charge in [-0.15, -0.1) is 0 Å². The summed E-state index contributed by atoms with van der Waals surface area (Å²) in [5, 5.41) is 11.6. The fourth-order valence-electron chi connectivity index (χ4n) is 3.08. The molecule has 1 aliphatic rings. The van der Waals surface area contributed by atoms with Gasteiger partial charge in [-0.2, -0.15) is 5.26 Å². The third-order valence-corrected chi connectivity index (χ3v) is 4.31. The monoisotopic (exact) mass is 289 g/mol. The highest BCUT2D eigenvalue weighted by molar-refractivity contribution is 6.09. The summed E-state index contributed by atoms with van der Waals surface area (Å²) in [5.41, 5.74) is 3.25. The van der Waals surface area contributed by atoms with E-state index in [-0.39, 0.29) is 6.17 Å². The SMILES string of the molecule is C[C@H]1N(C)C=C(C#N)N1c1cccc2c1oc1ccccc12. The Morgan fingerprint density at radius 3 is 2.68 bits per heavy atom. The summed E-state index contributed by atoms with van der Waals surface area (Å²) < 4.78 is 6.08. The second-order valence-corrected chi connectivity index (χ2v) is 5.55.